The van der Waals surface area contributed by atoms with Crippen molar-refractivity contribution < 1.29 is 9.15 Å². The van der Waals surface area contributed by atoms with Gasteiger partial charge in [-0.3, -0.25) is 11.3 Å². The number of benzene rings is 1. The van der Waals surface area contributed by atoms with E-state index in [1.54, 1.807) is 13.4 Å². The normalized spacial score (nSPS) is 12.4. The van der Waals surface area contributed by atoms with Gasteiger partial charge in [0.1, 0.15) is 5.75 Å². The van der Waals surface area contributed by atoms with Crippen LogP contribution in [0.25, 0.3) is 0 Å². The highest BCUT2D eigenvalue weighted by Crippen LogP contribution is 2.30. The number of hydrazine groups is 1. The summed E-state index contributed by atoms with van der Waals surface area (Å²) in [6, 6.07) is 7.97. The van der Waals surface area contributed by atoms with Crippen LogP contribution < -0.4 is 16.0 Å². The maximum atomic E-state index is 5.66. The Balaban J connectivity index is 2.28. The van der Waals surface area contributed by atoms with E-state index >= 15 is 0 Å². The Kier molecular flexibility index (Phi) is 4.63. The summed E-state index contributed by atoms with van der Waals surface area (Å²) in [7, 11) is 1.67. The zero-order valence-corrected chi connectivity index (χ0v) is 12.5. The van der Waals surface area contributed by atoms with Gasteiger partial charge >= 0.3 is 0 Å². The minimum absolute atomic E-state index is 0.0381. The average molecular weight is 325 g/mol. The molecule has 0 saturated heterocycles. The van der Waals surface area contributed by atoms with E-state index in [1.165, 1.54) is 5.56 Å². The van der Waals surface area contributed by atoms with Gasteiger partial charge in [-0.15, -0.1) is 0 Å². The summed E-state index contributed by atoms with van der Waals surface area (Å²) in [5.41, 5.74) is 6.11. The summed E-state index contributed by atoms with van der Waals surface area (Å²) in [6.45, 7) is 2.06. The third-order valence-corrected chi connectivity index (χ3v) is 3.73. The molecule has 19 heavy (non-hydrogen) atoms. The molecule has 5 heteroatoms. The van der Waals surface area contributed by atoms with Crippen molar-refractivity contribution in [2.24, 2.45) is 5.84 Å². The van der Waals surface area contributed by atoms with Gasteiger partial charge in [-0.1, -0.05) is 17.7 Å². The summed E-state index contributed by atoms with van der Waals surface area (Å²) < 4.78 is 11.3. The minimum Gasteiger partial charge on any atom is -0.496 e. The maximum absolute atomic E-state index is 5.66. The number of hydrogen-bond donors (Lipinski definition) is 2. The predicted octanol–water partition coefficient (Wildman–Crippen LogP) is 3.11. The molecule has 2 rings (SSSR count). The van der Waals surface area contributed by atoms with Crippen molar-refractivity contribution in [3.8, 4) is 5.75 Å². The highest BCUT2D eigenvalue weighted by atomic mass is 79.9. The standard InChI is InChI=1S/C14H17BrN2O2/c1-9-3-4-13(18-2)10(7-9)8-12(17-16)11-5-6-19-14(11)15/h3-7,12,17H,8,16H2,1-2H3. The number of aryl methyl sites for hydroxylation is 1. The highest BCUT2D eigenvalue weighted by molar-refractivity contribution is 9.10. The third-order valence-electron chi connectivity index (χ3n) is 3.08. The molecule has 3 N–H and O–H groups in total. The van der Waals surface area contributed by atoms with Gasteiger partial charge in [0.15, 0.2) is 4.67 Å². The van der Waals surface area contributed by atoms with Gasteiger partial charge in [0.2, 0.25) is 0 Å². The SMILES string of the molecule is COc1ccc(C)cc1CC(NN)c1ccoc1Br. The second-order valence-corrected chi connectivity index (χ2v) is 5.11. The molecule has 0 fully saturated rings. The molecule has 1 aromatic carbocycles. The number of furan rings is 1. The predicted molar refractivity (Wildman–Crippen MR) is 77.9 cm³/mol. The molecule has 0 amide bonds. The van der Waals surface area contributed by atoms with Crippen molar-refractivity contribution in [3.05, 3.63) is 51.9 Å². The average Bonchev–Trinajstić information content (AvgIpc) is 2.82. The van der Waals surface area contributed by atoms with Crippen LogP contribution in [-0.4, -0.2) is 7.11 Å². The second-order valence-electron chi connectivity index (χ2n) is 4.39. The Labute approximate surface area is 121 Å². The number of nitrogens with one attached hydrogen (secondary N) is 1. The molecule has 1 atom stereocenters. The van der Waals surface area contributed by atoms with Crippen molar-refractivity contribution in [2.45, 2.75) is 19.4 Å². The first kappa shape index (κ1) is 14.1. The van der Waals surface area contributed by atoms with E-state index in [9.17, 15) is 0 Å². The Bertz CT molecular complexity index is 554. The molecule has 0 aliphatic rings. The summed E-state index contributed by atoms with van der Waals surface area (Å²) in [6.07, 6.45) is 2.36. The first-order valence-electron chi connectivity index (χ1n) is 5.98. The smallest absolute Gasteiger partial charge is 0.173 e. The van der Waals surface area contributed by atoms with E-state index in [2.05, 4.69) is 34.3 Å². The molecule has 0 aliphatic carbocycles. The monoisotopic (exact) mass is 324 g/mol. The summed E-state index contributed by atoms with van der Waals surface area (Å²) in [4.78, 5) is 0. The molecule has 0 radical (unpaired) electrons. The first-order chi connectivity index (χ1) is 9.15. The van der Waals surface area contributed by atoms with Gasteiger partial charge in [-0.05, 0) is 47.0 Å². The molecule has 0 spiro atoms. The lowest BCUT2D eigenvalue weighted by molar-refractivity contribution is 0.405. The van der Waals surface area contributed by atoms with Crippen LogP contribution in [0.3, 0.4) is 0 Å². The van der Waals surface area contributed by atoms with Crippen molar-refractivity contribution in [2.75, 3.05) is 7.11 Å². The first-order valence-corrected chi connectivity index (χ1v) is 6.77. The van der Waals surface area contributed by atoms with Crippen LogP contribution >= 0.6 is 15.9 Å². The van der Waals surface area contributed by atoms with Gasteiger partial charge in [0, 0.05) is 5.56 Å². The molecule has 1 unspecified atom stereocenters. The largest absolute Gasteiger partial charge is 0.496 e. The summed E-state index contributed by atoms with van der Waals surface area (Å²) in [5, 5.41) is 0. The van der Waals surface area contributed by atoms with Crippen LogP contribution in [0, 0.1) is 6.92 Å². The minimum atomic E-state index is -0.0381. The number of hydrogen-bond acceptors (Lipinski definition) is 4. The molecule has 1 heterocycles. The van der Waals surface area contributed by atoms with Crippen LogP contribution in [0.4, 0.5) is 0 Å². The Morgan fingerprint density at radius 2 is 2.21 bits per heavy atom. The fourth-order valence-electron chi connectivity index (χ4n) is 2.10. The van der Waals surface area contributed by atoms with Gasteiger partial charge < -0.3 is 9.15 Å². The zero-order chi connectivity index (χ0) is 13.8. The maximum Gasteiger partial charge on any atom is 0.173 e. The zero-order valence-electron chi connectivity index (χ0n) is 10.9. The van der Waals surface area contributed by atoms with Crippen LogP contribution in [-0.2, 0) is 6.42 Å². The number of halogens is 1. The van der Waals surface area contributed by atoms with E-state index in [1.807, 2.05) is 18.2 Å². The molecular weight excluding hydrogens is 308 g/mol. The molecule has 1 aromatic heterocycles. The molecule has 102 valence electrons. The quantitative estimate of drug-likeness (QED) is 0.655. The lowest BCUT2D eigenvalue weighted by atomic mass is 9.99. The number of nitrogens with two attached hydrogens (primary N) is 1. The van der Waals surface area contributed by atoms with E-state index in [0.29, 0.717) is 4.67 Å². The third kappa shape index (κ3) is 3.18. The highest BCUT2D eigenvalue weighted by Gasteiger charge is 2.18. The Morgan fingerprint density at radius 1 is 1.42 bits per heavy atom. The Morgan fingerprint density at radius 3 is 2.79 bits per heavy atom. The van der Waals surface area contributed by atoms with Gasteiger partial charge in [-0.25, -0.2) is 0 Å². The number of rotatable bonds is 5. The van der Waals surface area contributed by atoms with E-state index < -0.39 is 0 Å². The molecule has 0 aliphatic heterocycles. The van der Waals surface area contributed by atoms with Crippen molar-refractivity contribution in [1.82, 2.24) is 5.43 Å². The van der Waals surface area contributed by atoms with E-state index in [4.69, 9.17) is 15.0 Å². The molecule has 4 nitrogen and oxygen atoms in total. The fraction of sp³-hybridized carbons (Fsp3) is 0.286. The number of ether oxygens (including phenoxy) is 1. The van der Waals surface area contributed by atoms with Crippen LogP contribution in [0.1, 0.15) is 22.7 Å². The molecule has 0 bridgehead atoms. The summed E-state index contributed by atoms with van der Waals surface area (Å²) >= 11 is 3.38. The van der Waals surface area contributed by atoms with Crippen LogP contribution in [0.15, 0.2) is 39.6 Å². The van der Waals surface area contributed by atoms with Crippen molar-refractivity contribution >= 4 is 15.9 Å². The van der Waals surface area contributed by atoms with Gasteiger partial charge in [0.05, 0.1) is 19.4 Å². The Hall–Kier alpha value is -1.30. The number of methoxy groups -OCH3 is 1. The topological polar surface area (TPSA) is 60.4 Å². The van der Waals surface area contributed by atoms with Gasteiger partial charge in [0.25, 0.3) is 0 Å². The van der Waals surface area contributed by atoms with E-state index in [-0.39, 0.29) is 6.04 Å². The van der Waals surface area contributed by atoms with E-state index in [0.717, 1.165) is 23.3 Å². The molecule has 2 aromatic rings. The van der Waals surface area contributed by atoms with Crippen molar-refractivity contribution in [3.63, 3.8) is 0 Å². The van der Waals surface area contributed by atoms with Gasteiger partial charge in [-0.2, -0.15) is 0 Å². The summed E-state index contributed by atoms with van der Waals surface area (Å²) in [5.74, 6) is 6.52. The lowest BCUT2D eigenvalue weighted by Gasteiger charge is -2.17. The lowest BCUT2D eigenvalue weighted by Crippen LogP contribution is -2.29. The van der Waals surface area contributed by atoms with Crippen molar-refractivity contribution in [1.29, 1.82) is 0 Å². The molecule has 0 saturated carbocycles. The van der Waals surface area contributed by atoms with Crippen LogP contribution in [0.5, 0.6) is 5.75 Å². The second kappa shape index (κ2) is 6.23. The molecular formula is C14H17BrN2O2. The van der Waals surface area contributed by atoms with Crippen LogP contribution in [0.2, 0.25) is 0 Å². The fourth-order valence-corrected chi connectivity index (χ4v) is 2.62.